The minimum absolute atomic E-state index is 0.0565. The van der Waals surface area contributed by atoms with Gasteiger partial charge in [-0.25, -0.2) is 4.98 Å². The summed E-state index contributed by atoms with van der Waals surface area (Å²) in [5.41, 5.74) is 2.91. The second-order valence-electron chi connectivity index (χ2n) is 7.71. The normalized spacial score (nSPS) is 13.5. The van der Waals surface area contributed by atoms with Crippen LogP contribution >= 0.6 is 23.2 Å². The standard InChI is InChI=1S/C23H23Cl2N3O/c1-16-2-7-19(8-3-16)23(29)28(13-17-4-5-17)15-22-26-10-11-27(22)14-18-6-9-20(24)21(25)12-18/h2-3,6-12,17H,4-5,13-15H2,1H3. The Labute approximate surface area is 181 Å². The zero-order chi connectivity index (χ0) is 20.4. The van der Waals surface area contributed by atoms with Crippen LogP contribution in [0.4, 0.5) is 0 Å². The van der Waals surface area contributed by atoms with E-state index in [1.54, 1.807) is 12.3 Å². The largest absolute Gasteiger partial charge is 0.331 e. The van der Waals surface area contributed by atoms with E-state index < -0.39 is 0 Å². The minimum Gasteiger partial charge on any atom is -0.331 e. The lowest BCUT2D eigenvalue weighted by Gasteiger charge is -2.23. The van der Waals surface area contributed by atoms with Gasteiger partial charge in [0.05, 0.1) is 16.6 Å². The van der Waals surface area contributed by atoms with E-state index in [0.29, 0.717) is 29.1 Å². The van der Waals surface area contributed by atoms with E-state index in [1.807, 2.05) is 54.4 Å². The van der Waals surface area contributed by atoms with E-state index in [1.165, 1.54) is 12.8 Å². The summed E-state index contributed by atoms with van der Waals surface area (Å²) in [6.45, 7) is 3.90. The average molecular weight is 428 g/mol. The lowest BCUT2D eigenvalue weighted by atomic mass is 10.1. The number of amides is 1. The fourth-order valence-electron chi connectivity index (χ4n) is 3.35. The number of nitrogens with zero attached hydrogens (tertiary/aromatic N) is 3. The molecule has 1 aromatic heterocycles. The Morgan fingerprint density at radius 2 is 1.90 bits per heavy atom. The molecule has 0 unspecified atom stereocenters. The first-order chi connectivity index (χ1) is 14.0. The first kappa shape index (κ1) is 20.0. The molecule has 1 fully saturated rings. The van der Waals surface area contributed by atoms with Crippen LogP contribution in [0.3, 0.4) is 0 Å². The minimum atomic E-state index is 0.0565. The van der Waals surface area contributed by atoms with Gasteiger partial charge < -0.3 is 9.47 Å². The number of benzene rings is 2. The van der Waals surface area contributed by atoms with Crippen LogP contribution < -0.4 is 0 Å². The van der Waals surface area contributed by atoms with Crippen molar-refractivity contribution in [3.63, 3.8) is 0 Å². The number of rotatable bonds is 7. The lowest BCUT2D eigenvalue weighted by Crippen LogP contribution is -2.33. The Bertz CT molecular complexity index is 1010. The number of imidazole rings is 1. The third-order valence-electron chi connectivity index (χ3n) is 5.23. The molecule has 0 atom stereocenters. The second-order valence-corrected chi connectivity index (χ2v) is 8.53. The van der Waals surface area contributed by atoms with E-state index in [0.717, 1.165) is 29.1 Å². The van der Waals surface area contributed by atoms with Crippen LogP contribution in [0.5, 0.6) is 0 Å². The van der Waals surface area contributed by atoms with Gasteiger partial charge in [0.25, 0.3) is 5.91 Å². The van der Waals surface area contributed by atoms with Gasteiger partial charge in [0.1, 0.15) is 5.82 Å². The van der Waals surface area contributed by atoms with E-state index in [-0.39, 0.29) is 5.91 Å². The number of aryl methyl sites for hydroxylation is 1. The maximum Gasteiger partial charge on any atom is 0.254 e. The Kier molecular flexibility index (Phi) is 5.93. The SMILES string of the molecule is Cc1ccc(C(=O)N(Cc2nccn2Cc2ccc(Cl)c(Cl)c2)CC2CC2)cc1. The summed E-state index contributed by atoms with van der Waals surface area (Å²) < 4.78 is 2.06. The van der Waals surface area contributed by atoms with Crippen molar-refractivity contribution in [2.45, 2.75) is 32.9 Å². The van der Waals surface area contributed by atoms with Crippen molar-refractivity contribution in [1.82, 2.24) is 14.5 Å². The highest BCUT2D eigenvalue weighted by atomic mass is 35.5. The third kappa shape index (κ3) is 5.01. The molecule has 1 saturated carbocycles. The summed E-state index contributed by atoms with van der Waals surface area (Å²) in [5, 5.41) is 1.08. The van der Waals surface area contributed by atoms with Crippen molar-refractivity contribution >= 4 is 29.1 Å². The van der Waals surface area contributed by atoms with Gasteiger partial charge in [0.15, 0.2) is 0 Å². The average Bonchev–Trinajstić information content (AvgIpc) is 3.43. The predicted molar refractivity (Wildman–Crippen MR) is 116 cm³/mol. The van der Waals surface area contributed by atoms with Crippen LogP contribution in [-0.2, 0) is 13.1 Å². The van der Waals surface area contributed by atoms with Crippen LogP contribution in [0.25, 0.3) is 0 Å². The first-order valence-corrected chi connectivity index (χ1v) is 10.5. The molecule has 0 bridgehead atoms. The van der Waals surface area contributed by atoms with E-state index in [2.05, 4.69) is 9.55 Å². The van der Waals surface area contributed by atoms with Crippen LogP contribution in [0.1, 0.15) is 40.2 Å². The molecule has 0 aliphatic heterocycles. The smallest absolute Gasteiger partial charge is 0.254 e. The molecule has 29 heavy (non-hydrogen) atoms. The van der Waals surface area contributed by atoms with Gasteiger partial charge in [-0.15, -0.1) is 0 Å². The van der Waals surface area contributed by atoms with Crippen LogP contribution in [-0.4, -0.2) is 26.9 Å². The fraction of sp³-hybridized carbons (Fsp3) is 0.304. The Hall–Kier alpha value is -2.30. The highest BCUT2D eigenvalue weighted by molar-refractivity contribution is 6.42. The molecule has 4 nitrogen and oxygen atoms in total. The topological polar surface area (TPSA) is 38.1 Å². The number of hydrogen-bond acceptors (Lipinski definition) is 2. The van der Waals surface area contributed by atoms with Gasteiger partial charge in [0, 0.05) is 31.0 Å². The Morgan fingerprint density at radius 1 is 1.14 bits per heavy atom. The second kappa shape index (κ2) is 8.60. The molecule has 0 saturated heterocycles. The summed E-state index contributed by atoms with van der Waals surface area (Å²) >= 11 is 12.2. The molecule has 150 valence electrons. The molecule has 2 aromatic carbocycles. The molecular formula is C23H23Cl2N3O. The van der Waals surface area contributed by atoms with Crippen LogP contribution in [0.15, 0.2) is 54.9 Å². The zero-order valence-corrected chi connectivity index (χ0v) is 17.8. The summed E-state index contributed by atoms with van der Waals surface area (Å²) in [7, 11) is 0. The molecule has 0 N–H and O–H groups in total. The Balaban J connectivity index is 1.53. The molecule has 1 aliphatic rings. The summed E-state index contributed by atoms with van der Waals surface area (Å²) in [6.07, 6.45) is 6.09. The summed E-state index contributed by atoms with van der Waals surface area (Å²) in [6, 6.07) is 13.4. The monoisotopic (exact) mass is 427 g/mol. The molecule has 1 amide bonds. The highest BCUT2D eigenvalue weighted by Crippen LogP contribution is 2.31. The number of carbonyl (C=O) groups is 1. The molecular weight excluding hydrogens is 405 g/mol. The van der Waals surface area contributed by atoms with Crippen molar-refractivity contribution < 1.29 is 4.79 Å². The molecule has 0 spiro atoms. The first-order valence-electron chi connectivity index (χ1n) is 9.79. The maximum absolute atomic E-state index is 13.2. The maximum atomic E-state index is 13.2. The molecule has 6 heteroatoms. The van der Waals surface area contributed by atoms with Crippen molar-refractivity contribution in [3.8, 4) is 0 Å². The van der Waals surface area contributed by atoms with Crippen molar-refractivity contribution in [1.29, 1.82) is 0 Å². The van der Waals surface area contributed by atoms with E-state index in [4.69, 9.17) is 23.2 Å². The highest BCUT2D eigenvalue weighted by Gasteiger charge is 2.28. The summed E-state index contributed by atoms with van der Waals surface area (Å²) in [4.78, 5) is 19.6. The van der Waals surface area contributed by atoms with Crippen molar-refractivity contribution in [3.05, 3.63) is 87.4 Å². The lowest BCUT2D eigenvalue weighted by molar-refractivity contribution is 0.0729. The molecule has 3 aromatic rings. The van der Waals surface area contributed by atoms with Gasteiger partial charge in [-0.1, -0.05) is 47.0 Å². The Morgan fingerprint density at radius 3 is 2.59 bits per heavy atom. The number of hydrogen-bond donors (Lipinski definition) is 0. The molecule has 1 heterocycles. The van der Waals surface area contributed by atoms with Gasteiger partial charge in [-0.05, 0) is 55.5 Å². The van der Waals surface area contributed by atoms with Crippen molar-refractivity contribution in [2.75, 3.05) is 6.54 Å². The number of carbonyl (C=O) groups excluding carboxylic acids is 1. The number of halogens is 2. The number of aromatic nitrogens is 2. The predicted octanol–water partition coefficient (Wildman–Crippen LogP) is 5.60. The van der Waals surface area contributed by atoms with Gasteiger partial charge in [-0.3, -0.25) is 4.79 Å². The van der Waals surface area contributed by atoms with Gasteiger partial charge >= 0.3 is 0 Å². The molecule has 1 aliphatic carbocycles. The quantitative estimate of drug-likeness (QED) is 0.492. The van der Waals surface area contributed by atoms with Crippen LogP contribution in [0, 0.1) is 12.8 Å². The third-order valence-corrected chi connectivity index (χ3v) is 5.97. The molecule has 4 rings (SSSR count). The van der Waals surface area contributed by atoms with Gasteiger partial charge in [0.2, 0.25) is 0 Å². The zero-order valence-electron chi connectivity index (χ0n) is 16.3. The van der Waals surface area contributed by atoms with E-state index in [9.17, 15) is 4.79 Å². The van der Waals surface area contributed by atoms with E-state index >= 15 is 0 Å². The molecule has 0 radical (unpaired) electrons. The fourth-order valence-corrected chi connectivity index (χ4v) is 3.67. The van der Waals surface area contributed by atoms with Crippen LogP contribution in [0.2, 0.25) is 10.0 Å². The van der Waals surface area contributed by atoms with Gasteiger partial charge in [-0.2, -0.15) is 0 Å². The summed E-state index contributed by atoms with van der Waals surface area (Å²) in [5.74, 6) is 1.51. The van der Waals surface area contributed by atoms with Crippen molar-refractivity contribution in [2.24, 2.45) is 5.92 Å².